The third kappa shape index (κ3) is 2.99. The SMILES string of the molecule is CCCCN1[C@H](C)CN(c2ncccn2)C[C@@H]1C. The fourth-order valence-electron chi connectivity index (χ4n) is 2.76. The fraction of sp³-hybridized carbons (Fsp3) is 0.714. The largest absolute Gasteiger partial charge is 0.338 e. The summed E-state index contributed by atoms with van der Waals surface area (Å²) in [5.74, 6) is 0.867. The van der Waals surface area contributed by atoms with Gasteiger partial charge in [0.1, 0.15) is 0 Å². The Hall–Kier alpha value is -1.16. The van der Waals surface area contributed by atoms with Crippen LogP contribution in [0.3, 0.4) is 0 Å². The first-order valence-corrected chi connectivity index (χ1v) is 7.00. The summed E-state index contributed by atoms with van der Waals surface area (Å²) >= 11 is 0. The lowest BCUT2D eigenvalue weighted by atomic mass is 10.1. The Bertz CT molecular complexity index is 342. The van der Waals surface area contributed by atoms with Gasteiger partial charge in [0.15, 0.2) is 0 Å². The molecule has 0 radical (unpaired) electrons. The van der Waals surface area contributed by atoms with Crippen molar-refractivity contribution in [2.45, 2.75) is 45.7 Å². The molecule has 18 heavy (non-hydrogen) atoms. The molecule has 1 aromatic heterocycles. The molecule has 0 amide bonds. The summed E-state index contributed by atoms with van der Waals surface area (Å²) in [5.41, 5.74) is 0. The summed E-state index contributed by atoms with van der Waals surface area (Å²) in [6.07, 6.45) is 6.19. The van der Waals surface area contributed by atoms with Gasteiger partial charge < -0.3 is 4.90 Å². The predicted molar refractivity (Wildman–Crippen MR) is 74.8 cm³/mol. The highest BCUT2D eigenvalue weighted by molar-refractivity contribution is 5.30. The first-order valence-electron chi connectivity index (χ1n) is 7.00. The van der Waals surface area contributed by atoms with Crippen LogP contribution in [-0.4, -0.2) is 46.6 Å². The van der Waals surface area contributed by atoms with E-state index < -0.39 is 0 Å². The zero-order chi connectivity index (χ0) is 13.0. The molecule has 100 valence electrons. The average Bonchev–Trinajstić information content (AvgIpc) is 2.39. The summed E-state index contributed by atoms with van der Waals surface area (Å²) < 4.78 is 0. The maximum absolute atomic E-state index is 4.35. The summed E-state index contributed by atoms with van der Waals surface area (Å²) in [5, 5.41) is 0. The highest BCUT2D eigenvalue weighted by atomic mass is 15.3. The van der Waals surface area contributed by atoms with Crippen LogP contribution in [0.15, 0.2) is 18.5 Å². The standard InChI is InChI=1S/C14H24N4/c1-4-5-9-18-12(2)10-17(11-13(18)3)14-15-7-6-8-16-14/h6-8,12-13H,4-5,9-11H2,1-3H3/t12-,13+. The number of rotatable bonds is 4. The van der Waals surface area contributed by atoms with Gasteiger partial charge in [0.25, 0.3) is 0 Å². The van der Waals surface area contributed by atoms with Crippen molar-refractivity contribution >= 4 is 5.95 Å². The van der Waals surface area contributed by atoms with Crippen molar-refractivity contribution in [3.05, 3.63) is 18.5 Å². The number of unbranched alkanes of at least 4 members (excludes halogenated alkanes) is 1. The highest BCUT2D eigenvalue weighted by Crippen LogP contribution is 2.19. The van der Waals surface area contributed by atoms with Gasteiger partial charge in [-0.15, -0.1) is 0 Å². The lowest BCUT2D eigenvalue weighted by Crippen LogP contribution is -2.57. The summed E-state index contributed by atoms with van der Waals surface area (Å²) in [6, 6.07) is 3.02. The summed E-state index contributed by atoms with van der Waals surface area (Å²) in [7, 11) is 0. The van der Waals surface area contributed by atoms with Crippen LogP contribution < -0.4 is 4.90 Å². The smallest absolute Gasteiger partial charge is 0.225 e. The number of piperazine rings is 1. The third-order valence-electron chi connectivity index (χ3n) is 3.71. The van der Waals surface area contributed by atoms with Crippen LogP contribution in [0, 0.1) is 0 Å². The minimum absolute atomic E-state index is 0.573. The molecule has 1 aliphatic heterocycles. The topological polar surface area (TPSA) is 32.3 Å². The maximum atomic E-state index is 4.35. The predicted octanol–water partition coefficient (Wildman–Crippen LogP) is 2.18. The van der Waals surface area contributed by atoms with Crippen LogP contribution >= 0.6 is 0 Å². The molecule has 4 nitrogen and oxygen atoms in total. The van der Waals surface area contributed by atoms with E-state index in [1.165, 1.54) is 19.4 Å². The molecule has 0 unspecified atom stereocenters. The molecular formula is C14H24N4. The molecule has 1 aliphatic rings. The van der Waals surface area contributed by atoms with E-state index in [9.17, 15) is 0 Å². The number of hydrogen-bond acceptors (Lipinski definition) is 4. The number of nitrogens with zero attached hydrogens (tertiary/aromatic N) is 4. The van der Waals surface area contributed by atoms with Gasteiger partial charge in [-0.3, -0.25) is 4.90 Å². The quantitative estimate of drug-likeness (QED) is 0.817. The first kappa shape index (κ1) is 13.3. The Balaban J connectivity index is 2.00. The molecule has 1 aromatic rings. The van der Waals surface area contributed by atoms with Crippen molar-refractivity contribution in [2.75, 3.05) is 24.5 Å². The van der Waals surface area contributed by atoms with Gasteiger partial charge in [-0.25, -0.2) is 9.97 Å². The minimum Gasteiger partial charge on any atom is -0.338 e. The van der Waals surface area contributed by atoms with E-state index in [2.05, 4.69) is 40.5 Å². The molecule has 0 bridgehead atoms. The average molecular weight is 248 g/mol. The molecule has 0 saturated carbocycles. The molecule has 2 heterocycles. The van der Waals surface area contributed by atoms with Gasteiger partial charge in [-0.1, -0.05) is 13.3 Å². The van der Waals surface area contributed by atoms with Gasteiger partial charge in [-0.2, -0.15) is 0 Å². The van der Waals surface area contributed by atoms with E-state index in [-0.39, 0.29) is 0 Å². The number of hydrogen-bond donors (Lipinski definition) is 0. The molecule has 4 heteroatoms. The molecule has 0 spiro atoms. The monoisotopic (exact) mass is 248 g/mol. The Morgan fingerprint density at radius 3 is 2.33 bits per heavy atom. The van der Waals surface area contributed by atoms with Crippen LogP contribution in [0.25, 0.3) is 0 Å². The first-order chi connectivity index (χ1) is 8.72. The molecule has 0 aliphatic carbocycles. The number of anilines is 1. The lowest BCUT2D eigenvalue weighted by Gasteiger charge is -2.44. The van der Waals surface area contributed by atoms with Crippen molar-refractivity contribution in [1.29, 1.82) is 0 Å². The van der Waals surface area contributed by atoms with Crippen LogP contribution in [0.2, 0.25) is 0 Å². The molecule has 2 atom stereocenters. The Kier molecular flexibility index (Phi) is 4.53. The van der Waals surface area contributed by atoms with Crippen LogP contribution in [0.4, 0.5) is 5.95 Å². The van der Waals surface area contributed by atoms with Gasteiger partial charge in [0.2, 0.25) is 5.95 Å². The van der Waals surface area contributed by atoms with Gasteiger partial charge in [-0.05, 0) is 32.9 Å². The normalized spacial score (nSPS) is 25.4. The van der Waals surface area contributed by atoms with E-state index in [4.69, 9.17) is 0 Å². The third-order valence-corrected chi connectivity index (χ3v) is 3.71. The second-order valence-electron chi connectivity index (χ2n) is 5.24. The second kappa shape index (κ2) is 6.14. The Labute approximate surface area is 110 Å². The van der Waals surface area contributed by atoms with Crippen molar-refractivity contribution < 1.29 is 0 Å². The fourth-order valence-corrected chi connectivity index (χ4v) is 2.76. The zero-order valence-corrected chi connectivity index (χ0v) is 11.7. The van der Waals surface area contributed by atoms with E-state index >= 15 is 0 Å². The van der Waals surface area contributed by atoms with Crippen molar-refractivity contribution in [2.24, 2.45) is 0 Å². The van der Waals surface area contributed by atoms with E-state index in [1.54, 1.807) is 0 Å². The summed E-state index contributed by atoms with van der Waals surface area (Å²) in [6.45, 7) is 10.1. The van der Waals surface area contributed by atoms with Gasteiger partial charge >= 0.3 is 0 Å². The highest BCUT2D eigenvalue weighted by Gasteiger charge is 2.29. The Morgan fingerprint density at radius 1 is 1.17 bits per heavy atom. The van der Waals surface area contributed by atoms with E-state index in [0.29, 0.717) is 12.1 Å². The maximum Gasteiger partial charge on any atom is 0.225 e. The Morgan fingerprint density at radius 2 is 1.78 bits per heavy atom. The van der Waals surface area contributed by atoms with Crippen LogP contribution in [-0.2, 0) is 0 Å². The minimum atomic E-state index is 0.573. The second-order valence-corrected chi connectivity index (χ2v) is 5.24. The van der Waals surface area contributed by atoms with E-state index in [1.807, 2.05) is 18.5 Å². The molecule has 0 aromatic carbocycles. The lowest BCUT2D eigenvalue weighted by molar-refractivity contribution is 0.129. The van der Waals surface area contributed by atoms with Crippen LogP contribution in [0.1, 0.15) is 33.6 Å². The van der Waals surface area contributed by atoms with Gasteiger partial charge in [0.05, 0.1) is 0 Å². The van der Waals surface area contributed by atoms with Crippen molar-refractivity contribution in [3.8, 4) is 0 Å². The summed E-state index contributed by atoms with van der Waals surface area (Å²) in [4.78, 5) is 13.6. The molecule has 0 N–H and O–H groups in total. The van der Waals surface area contributed by atoms with Crippen LogP contribution in [0.5, 0.6) is 0 Å². The molecular weight excluding hydrogens is 224 g/mol. The molecule has 2 rings (SSSR count). The van der Waals surface area contributed by atoms with Crippen molar-refractivity contribution in [1.82, 2.24) is 14.9 Å². The van der Waals surface area contributed by atoms with Crippen molar-refractivity contribution in [3.63, 3.8) is 0 Å². The molecule has 1 fully saturated rings. The van der Waals surface area contributed by atoms with E-state index in [0.717, 1.165) is 19.0 Å². The van der Waals surface area contributed by atoms with Gasteiger partial charge in [0, 0.05) is 37.6 Å². The molecule has 1 saturated heterocycles. The number of aromatic nitrogens is 2. The zero-order valence-electron chi connectivity index (χ0n) is 11.7.